The van der Waals surface area contributed by atoms with Gasteiger partial charge in [0, 0.05) is 18.5 Å². The highest BCUT2D eigenvalue weighted by Gasteiger charge is 2.12. The summed E-state index contributed by atoms with van der Waals surface area (Å²) in [7, 11) is 4.81. The fraction of sp³-hybridized carbons (Fsp3) is 0.381. The third kappa shape index (κ3) is 6.49. The van der Waals surface area contributed by atoms with Crippen molar-refractivity contribution in [3.63, 3.8) is 0 Å². The average molecular weight is 372 g/mol. The van der Waals surface area contributed by atoms with Crippen LogP contribution in [0.5, 0.6) is 17.2 Å². The molecular formula is C21H28N2O4. The molecule has 2 N–H and O–H groups in total. The lowest BCUT2D eigenvalue weighted by Gasteiger charge is -2.15. The summed E-state index contributed by atoms with van der Waals surface area (Å²) in [6, 6.07) is 13.4. The first kappa shape index (κ1) is 20.6. The second kappa shape index (κ2) is 10.4. The van der Waals surface area contributed by atoms with E-state index in [2.05, 4.69) is 16.7 Å². The number of ether oxygens (including phenoxy) is 3. The quantitative estimate of drug-likeness (QED) is 0.670. The Labute approximate surface area is 160 Å². The first-order chi connectivity index (χ1) is 13.0. The van der Waals surface area contributed by atoms with E-state index in [9.17, 15) is 4.79 Å². The maximum atomic E-state index is 12.3. The Morgan fingerprint density at radius 2 is 1.74 bits per heavy atom. The molecule has 2 aromatic carbocycles. The monoisotopic (exact) mass is 372 g/mol. The van der Waals surface area contributed by atoms with E-state index in [1.54, 1.807) is 39.5 Å². The van der Waals surface area contributed by atoms with Crippen LogP contribution in [0.2, 0.25) is 0 Å². The van der Waals surface area contributed by atoms with Crippen molar-refractivity contribution >= 4 is 11.6 Å². The van der Waals surface area contributed by atoms with Gasteiger partial charge in [-0.25, -0.2) is 0 Å². The molecule has 0 heterocycles. The fourth-order valence-corrected chi connectivity index (χ4v) is 2.74. The number of benzene rings is 2. The molecule has 2 rings (SSSR count). The number of rotatable bonds is 10. The van der Waals surface area contributed by atoms with Crippen LogP contribution in [0.15, 0.2) is 42.5 Å². The van der Waals surface area contributed by atoms with E-state index in [0.717, 1.165) is 18.7 Å². The Hall–Kier alpha value is -2.73. The average Bonchev–Trinajstić information content (AvgIpc) is 2.68. The van der Waals surface area contributed by atoms with Gasteiger partial charge in [-0.3, -0.25) is 4.79 Å². The second-order valence-electron chi connectivity index (χ2n) is 6.28. The molecule has 0 aliphatic heterocycles. The summed E-state index contributed by atoms with van der Waals surface area (Å²) in [6.07, 6.45) is 1.24. The molecular weight excluding hydrogens is 344 g/mol. The maximum Gasteiger partial charge on any atom is 0.226 e. The van der Waals surface area contributed by atoms with Crippen molar-refractivity contribution in [2.45, 2.75) is 25.8 Å². The van der Waals surface area contributed by atoms with Gasteiger partial charge in [0.2, 0.25) is 5.91 Å². The Bertz CT molecular complexity index is 749. The number of hydrogen-bond donors (Lipinski definition) is 2. The van der Waals surface area contributed by atoms with Crippen LogP contribution in [0.1, 0.15) is 18.9 Å². The summed E-state index contributed by atoms with van der Waals surface area (Å²) in [5.41, 5.74) is 1.83. The van der Waals surface area contributed by atoms with Gasteiger partial charge in [-0.15, -0.1) is 0 Å². The highest BCUT2D eigenvalue weighted by molar-refractivity contribution is 5.92. The Kier molecular flexibility index (Phi) is 7.95. The molecule has 0 spiro atoms. The van der Waals surface area contributed by atoms with Gasteiger partial charge < -0.3 is 24.8 Å². The van der Waals surface area contributed by atoms with E-state index in [4.69, 9.17) is 14.2 Å². The van der Waals surface area contributed by atoms with E-state index in [0.29, 0.717) is 23.6 Å². The second-order valence-corrected chi connectivity index (χ2v) is 6.28. The van der Waals surface area contributed by atoms with Crippen LogP contribution in [0.25, 0.3) is 0 Å². The standard InChI is InChI=1S/C21H28N2O4/c1-15(22-11-10-16-6-5-7-17(13-16)25-2)12-21(24)23-19-9-8-18(26-3)14-20(19)27-4/h5-9,13-15,22H,10-12H2,1-4H3,(H,23,24). The number of amides is 1. The number of methoxy groups -OCH3 is 3. The van der Waals surface area contributed by atoms with Gasteiger partial charge in [0.15, 0.2) is 0 Å². The number of hydrogen-bond acceptors (Lipinski definition) is 5. The largest absolute Gasteiger partial charge is 0.497 e. The smallest absolute Gasteiger partial charge is 0.226 e. The molecule has 146 valence electrons. The number of carbonyl (C=O) groups excluding carboxylic acids is 1. The van der Waals surface area contributed by atoms with E-state index in [1.807, 2.05) is 25.1 Å². The molecule has 0 saturated carbocycles. The van der Waals surface area contributed by atoms with Crippen LogP contribution < -0.4 is 24.8 Å². The van der Waals surface area contributed by atoms with Gasteiger partial charge in [-0.1, -0.05) is 12.1 Å². The summed E-state index contributed by atoms with van der Waals surface area (Å²) in [5.74, 6) is 2.03. The molecule has 0 aromatic heterocycles. The SMILES string of the molecule is COc1cccc(CCNC(C)CC(=O)Nc2ccc(OC)cc2OC)c1. The lowest BCUT2D eigenvalue weighted by molar-refractivity contribution is -0.116. The summed E-state index contributed by atoms with van der Waals surface area (Å²) in [5, 5.41) is 6.27. The molecule has 2 aromatic rings. The van der Waals surface area contributed by atoms with E-state index < -0.39 is 0 Å². The maximum absolute atomic E-state index is 12.3. The van der Waals surface area contributed by atoms with Gasteiger partial charge >= 0.3 is 0 Å². The molecule has 1 atom stereocenters. The van der Waals surface area contributed by atoms with Gasteiger partial charge in [-0.2, -0.15) is 0 Å². The molecule has 27 heavy (non-hydrogen) atoms. The minimum absolute atomic E-state index is 0.0554. The highest BCUT2D eigenvalue weighted by Crippen LogP contribution is 2.29. The number of anilines is 1. The Balaban J connectivity index is 1.79. The molecule has 0 bridgehead atoms. The zero-order valence-corrected chi connectivity index (χ0v) is 16.4. The normalized spacial score (nSPS) is 11.6. The van der Waals surface area contributed by atoms with Gasteiger partial charge in [-0.05, 0) is 49.7 Å². The minimum atomic E-state index is -0.0696. The summed E-state index contributed by atoms with van der Waals surface area (Å²) >= 11 is 0. The summed E-state index contributed by atoms with van der Waals surface area (Å²) in [6.45, 7) is 2.78. The van der Waals surface area contributed by atoms with Crippen LogP contribution >= 0.6 is 0 Å². The minimum Gasteiger partial charge on any atom is -0.497 e. The lowest BCUT2D eigenvalue weighted by atomic mass is 10.1. The summed E-state index contributed by atoms with van der Waals surface area (Å²) in [4.78, 5) is 12.3. The van der Waals surface area contributed by atoms with Crippen molar-refractivity contribution in [3.8, 4) is 17.2 Å². The van der Waals surface area contributed by atoms with E-state index in [-0.39, 0.29) is 11.9 Å². The molecule has 0 aliphatic rings. The van der Waals surface area contributed by atoms with Crippen LogP contribution in [-0.2, 0) is 11.2 Å². The van der Waals surface area contributed by atoms with Crippen molar-refractivity contribution in [1.82, 2.24) is 5.32 Å². The molecule has 0 saturated heterocycles. The van der Waals surface area contributed by atoms with Crippen molar-refractivity contribution in [1.29, 1.82) is 0 Å². The molecule has 1 unspecified atom stereocenters. The van der Waals surface area contributed by atoms with Crippen LogP contribution in [-0.4, -0.2) is 39.8 Å². The summed E-state index contributed by atoms with van der Waals surface area (Å²) < 4.78 is 15.7. The lowest BCUT2D eigenvalue weighted by Crippen LogP contribution is -2.32. The van der Waals surface area contributed by atoms with Crippen LogP contribution in [0.3, 0.4) is 0 Å². The van der Waals surface area contributed by atoms with E-state index >= 15 is 0 Å². The molecule has 6 nitrogen and oxygen atoms in total. The molecule has 0 radical (unpaired) electrons. The molecule has 0 fully saturated rings. The first-order valence-corrected chi connectivity index (χ1v) is 8.94. The third-order valence-electron chi connectivity index (χ3n) is 4.21. The van der Waals surface area contributed by atoms with Gasteiger partial charge in [0.05, 0.1) is 27.0 Å². The van der Waals surface area contributed by atoms with Crippen LogP contribution in [0, 0.1) is 0 Å². The molecule has 1 amide bonds. The topological polar surface area (TPSA) is 68.8 Å². The fourth-order valence-electron chi connectivity index (χ4n) is 2.74. The highest BCUT2D eigenvalue weighted by atomic mass is 16.5. The zero-order chi connectivity index (χ0) is 19.6. The molecule has 0 aliphatic carbocycles. The predicted molar refractivity (Wildman–Crippen MR) is 107 cm³/mol. The van der Waals surface area contributed by atoms with Gasteiger partial charge in [0.25, 0.3) is 0 Å². The van der Waals surface area contributed by atoms with Crippen molar-refractivity contribution < 1.29 is 19.0 Å². The Morgan fingerprint density at radius 1 is 1.00 bits per heavy atom. The van der Waals surface area contributed by atoms with Crippen molar-refractivity contribution in [2.24, 2.45) is 0 Å². The Morgan fingerprint density at radius 3 is 2.44 bits per heavy atom. The van der Waals surface area contributed by atoms with Crippen molar-refractivity contribution in [2.75, 3.05) is 33.2 Å². The molecule has 6 heteroatoms. The van der Waals surface area contributed by atoms with Gasteiger partial charge in [0.1, 0.15) is 17.2 Å². The number of carbonyl (C=O) groups is 1. The van der Waals surface area contributed by atoms with Crippen molar-refractivity contribution in [3.05, 3.63) is 48.0 Å². The predicted octanol–water partition coefficient (Wildman–Crippen LogP) is 3.26. The zero-order valence-electron chi connectivity index (χ0n) is 16.4. The van der Waals surface area contributed by atoms with Crippen LogP contribution in [0.4, 0.5) is 5.69 Å². The number of nitrogens with one attached hydrogen (secondary N) is 2. The third-order valence-corrected chi connectivity index (χ3v) is 4.21. The first-order valence-electron chi connectivity index (χ1n) is 8.94. The van der Waals surface area contributed by atoms with E-state index in [1.165, 1.54) is 5.56 Å².